The minimum absolute atomic E-state index is 0.0238. The number of aliphatic carboxylic acids is 2. The number of carbonyl (C=O) groups is 7. The molecule has 0 heterocycles. The lowest BCUT2D eigenvalue weighted by atomic mass is 9.81. The highest BCUT2D eigenvalue weighted by atomic mass is 16.5. The lowest BCUT2D eigenvalue weighted by molar-refractivity contribution is -0.143. The molecule has 0 aromatic carbocycles. The van der Waals surface area contributed by atoms with E-state index in [2.05, 4.69) is 21.3 Å². The highest BCUT2D eigenvalue weighted by Crippen LogP contribution is 2.29. The number of unbranched alkanes of at least 4 members (excludes halogenated alkanes) is 15. The Labute approximate surface area is 369 Å². The van der Waals surface area contributed by atoms with Gasteiger partial charge in [-0.1, -0.05) is 89.9 Å². The summed E-state index contributed by atoms with van der Waals surface area (Å²) in [6.07, 6.45) is 22.9. The van der Waals surface area contributed by atoms with Crippen molar-refractivity contribution in [3.63, 3.8) is 0 Å². The van der Waals surface area contributed by atoms with E-state index in [1.54, 1.807) is 0 Å². The lowest BCUT2D eigenvalue weighted by Gasteiger charge is -2.28. The molecule has 1 saturated carbocycles. The molecule has 0 spiro atoms. The van der Waals surface area contributed by atoms with Gasteiger partial charge in [-0.25, -0.2) is 4.79 Å². The summed E-state index contributed by atoms with van der Waals surface area (Å²) in [7, 11) is 0. The van der Waals surface area contributed by atoms with Gasteiger partial charge in [0.15, 0.2) is 0 Å². The van der Waals surface area contributed by atoms with E-state index >= 15 is 0 Å². The molecule has 358 valence electrons. The van der Waals surface area contributed by atoms with Crippen molar-refractivity contribution in [3.8, 4) is 0 Å². The Morgan fingerprint density at radius 3 is 1.52 bits per heavy atom. The molecule has 0 radical (unpaired) electrons. The molecule has 0 aromatic rings. The standard InChI is InChI=1S/C45H80N4O13/c50-27-30-61-32-31-59-29-26-47-42(53)36-62-34-33-60-28-25-46-41(52)24-23-39(45(57)58)49-44(56)38-21-19-37(20-22-38)35-48-40(51)17-15-13-11-9-7-5-3-1-2-4-6-8-10-12-14-16-18-43(54)55/h27,37-39H,1-26,28-36H2,(H,46,52)(H,47,53)(H,48,51)(H,49,56)(H,54,55)(H,57,58)/t37-,38-,39-/m0/s1. The maximum atomic E-state index is 12.9. The van der Waals surface area contributed by atoms with E-state index in [-0.39, 0.29) is 87.9 Å². The summed E-state index contributed by atoms with van der Waals surface area (Å²) in [5, 5.41) is 29.3. The summed E-state index contributed by atoms with van der Waals surface area (Å²) < 4.78 is 20.8. The first-order valence-electron chi connectivity index (χ1n) is 23.4. The fourth-order valence-electron chi connectivity index (χ4n) is 7.24. The summed E-state index contributed by atoms with van der Waals surface area (Å²) in [5.41, 5.74) is 0. The second-order valence-corrected chi connectivity index (χ2v) is 16.2. The molecule has 0 aromatic heterocycles. The van der Waals surface area contributed by atoms with Gasteiger partial charge in [0.25, 0.3) is 0 Å². The maximum absolute atomic E-state index is 12.9. The second kappa shape index (κ2) is 40.1. The molecule has 4 amide bonds. The Hall–Kier alpha value is -3.67. The number of carboxylic acids is 2. The summed E-state index contributed by atoms with van der Waals surface area (Å²) in [5.74, 6) is -2.81. The fourth-order valence-corrected chi connectivity index (χ4v) is 7.24. The van der Waals surface area contributed by atoms with E-state index in [1.165, 1.54) is 64.2 Å². The number of aldehydes is 1. The maximum Gasteiger partial charge on any atom is 0.326 e. The van der Waals surface area contributed by atoms with E-state index in [4.69, 9.17) is 24.1 Å². The number of rotatable bonds is 43. The van der Waals surface area contributed by atoms with Crippen molar-refractivity contribution in [2.45, 2.75) is 160 Å². The Bertz CT molecular complexity index is 1220. The second-order valence-electron chi connectivity index (χ2n) is 16.2. The van der Waals surface area contributed by atoms with Gasteiger partial charge in [-0.2, -0.15) is 0 Å². The molecule has 6 N–H and O–H groups in total. The van der Waals surface area contributed by atoms with Gasteiger partial charge in [0.1, 0.15) is 25.5 Å². The van der Waals surface area contributed by atoms with Crippen LogP contribution in [0.25, 0.3) is 0 Å². The fraction of sp³-hybridized carbons (Fsp3) is 0.844. The molecule has 0 unspecified atom stereocenters. The average molecular weight is 885 g/mol. The zero-order valence-corrected chi connectivity index (χ0v) is 37.4. The normalized spacial score (nSPS) is 15.4. The van der Waals surface area contributed by atoms with Gasteiger partial charge >= 0.3 is 11.9 Å². The number of carboxylic acid groups (broad SMARTS) is 2. The first-order valence-corrected chi connectivity index (χ1v) is 23.4. The number of hydrogen-bond donors (Lipinski definition) is 6. The predicted octanol–water partition coefficient (Wildman–Crippen LogP) is 4.86. The van der Waals surface area contributed by atoms with Crippen molar-refractivity contribution in [2.24, 2.45) is 11.8 Å². The molecular weight excluding hydrogens is 805 g/mol. The first-order chi connectivity index (χ1) is 30.1. The monoisotopic (exact) mass is 885 g/mol. The first kappa shape index (κ1) is 56.3. The summed E-state index contributed by atoms with van der Waals surface area (Å²) >= 11 is 0. The molecule has 1 aliphatic carbocycles. The van der Waals surface area contributed by atoms with E-state index in [0.29, 0.717) is 64.9 Å². The zero-order chi connectivity index (χ0) is 45.3. The Morgan fingerprint density at radius 1 is 0.532 bits per heavy atom. The van der Waals surface area contributed by atoms with Crippen LogP contribution in [0.15, 0.2) is 0 Å². The minimum atomic E-state index is -1.19. The van der Waals surface area contributed by atoms with Gasteiger partial charge in [-0.15, -0.1) is 0 Å². The van der Waals surface area contributed by atoms with Gasteiger partial charge in [0.2, 0.25) is 23.6 Å². The molecule has 17 heteroatoms. The van der Waals surface area contributed by atoms with Crippen molar-refractivity contribution in [2.75, 3.05) is 72.5 Å². The van der Waals surface area contributed by atoms with Gasteiger partial charge in [-0.3, -0.25) is 24.0 Å². The molecule has 62 heavy (non-hydrogen) atoms. The van der Waals surface area contributed by atoms with Crippen LogP contribution in [0.2, 0.25) is 0 Å². The SMILES string of the molecule is O=CCOCCOCCNC(=O)COCCOCCNC(=O)CC[C@H](NC(=O)[C@H]1CC[C@H](CNC(=O)CCCCCCCCCCCCCCCCCCC(=O)O)CC1)C(=O)O. The van der Waals surface area contributed by atoms with E-state index in [9.17, 15) is 38.7 Å². The molecular formula is C45H80N4O13. The molecule has 1 aliphatic rings. The summed E-state index contributed by atoms with van der Waals surface area (Å²) in [6.45, 7) is 2.50. The van der Waals surface area contributed by atoms with Crippen LogP contribution in [0, 0.1) is 11.8 Å². The molecule has 0 bridgehead atoms. The molecule has 17 nitrogen and oxygen atoms in total. The number of ether oxygens (including phenoxy) is 4. The molecule has 0 aliphatic heterocycles. The van der Waals surface area contributed by atoms with Crippen molar-refractivity contribution in [3.05, 3.63) is 0 Å². The van der Waals surface area contributed by atoms with Crippen LogP contribution in [0.1, 0.15) is 154 Å². The Kier molecular flexibility index (Phi) is 36.5. The molecule has 1 rings (SSSR count). The highest BCUT2D eigenvalue weighted by Gasteiger charge is 2.29. The van der Waals surface area contributed by atoms with Crippen molar-refractivity contribution >= 4 is 41.9 Å². The van der Waals surface area contributed by atoms with Gasteiger partial charge < -0.3 is 55.2 Å². The average Bonchev–Trinajstić information content (AvgIpc) is 3.25. The van der Waals surface area contributed by atoms with Crippen molar-refractivity contribution in [1.29, 1.82) is 0 Å². The third kappa shape index (κ3) is 34.9. The Balaban J connectivity index is 2.00. The zero-order valence-electron chi connectivity index (χ0n) is 37.4. The predicted molar refractivity (Wildman–Crippen MR) is 233 cm³/mol. The van der Waals surface area contributed by atoms with Gasteiger partial charge in [0.05, 0.1) is 39.6 Å². The van der Waals surface area contributed by atoms with Gasteiger partial charge in [0, 0.05) is 44.8 Å². The van der Waals surface area contributed by atoms with Crippen LogP contribution < -0.4 is 21.3 Å². The van der Waals surface area contributed by atoms with Crippen LogP contribution in [0.5, 0.6) is 0 Å². The lowest BCUT2D eigenvalue weighted by Crippen LogP contribution is -2.45. The van der Waals surface area contributed by atoms with E-state index in [1.807, 2.05) is 0 Å². The highest BCUT2D eigenvalue weighted by molar-refractivity contribution is 5.85. The molecule has 0 saturated heterocycles. The smallest absolute Gasteiger partial charge is 0.326 e. The third-order valence-corrected chi connectivity index (χ3v) is 10.9. The van der Waals surface area contributed by atoms with Crippen LogP contribution >= 0.6 is 0 Å². The van der Waals surface area contributed by atoms with Crippen molar-refractivity contribution < 1.29 is 62.7 Å². The third-order valence-electron chi connectivity index (χ3n) is 10.9. The van der Waals surface area contributed by atoms with E-state index in [0.717, 1.165) is 51.4 Å². The molecule has 1 atom stereocenters. The number of amides is 4. The topological polar surface area (TPSA) is 245 Å². The minimum Gasteiger partial charge on any atom is -0.481 e. The summed E-state index contributed by atoms with van der Waals surface area (Å²) in [4.78, 5) is 81.9. The van der Waals surface area contributed by atoms with Crippen LogP contribution in [0.3, 0.4) is 0 Å². The number of hydrogen-bond acceptors (Lipinski definition) is 11. The van der Waals surface area contributed by atoms with Crippen LogP contribution in [0.4, 0.5) is 0 Å². The van der Waals surface area contributed by atoms with E-state index < -0.39 is 18.0 Å². The Morgan fingerprint density at radius 2 is 1.00 bits per heavy atom. The van der Waals surface area contributed by atoms with Crippen LogP contribution in [-0.2, 0) is 52.5 Å². The molecule has 1 fully saturated rings. The van der Waals surface area contributed by atoms with Crippen LogP contribution in [-0.4, -0.2) is 131 Å². The van der Waals surface area contributed by atoms with Crippen molar-refractivity contribution in [1.82, 2.24) is 21.3 Å². The quantitative estimate of drug-likeness (QED) is 0.0354. The van der Waals surface area contributed by atoms with Gasteiger partial charge in [-0.05, 0) is 50.9 Å². The summed E-state index contributed by atoms with van der Waals surface area (Å²) in [6, 6.07) is -1.18. The number of carbonyl (C=O) groups excluding carboxylic acids is 5. The number of nitrogens with one attached hydrogen (secondary N) is 4. The largest absolute Gasteiger partial charge is 0.481 e.